The molecule has 0 fully saturated rings. The molecule has 0 N–H and O–H groups in total. The Bertz CT molecular complexity index is 1210. The van der Waals surface area contributed by atoms with Crippen molar-refractivity contribution >= 4 is 27.9 Å². The zero-order chi connectivity index (χ0) is 24.6. The lowest BCUT2D eigenvalue weighted by Gasteiger charge is -2.43. The first-order chi connectivity index (χ1) is 16.0. The molecule has 34 heavy (non-hydrogen) atoms. The van der Waals surface area contributed by atoms with Crippen molar-refractivity contribution in [2.24, 2.45) is 0 Å². The molecule has 6 heteroatoms. The van der Waals surface area contributed by atoms with Crippen LogP contribution in [0.4, 0.5) is 0 Å². The Morgan fingerprint density at radius 3 is 1.79 bits per heavy atom. The smallest absolute Gasteiger partial charge is 0.0967 e. The van der Waals surface area contributed by atoms with E-state index in [1.807, 2.05) is 12.4 Å². The lowest BCUT2D eigenvalue weighted by molar-refractivity contribution is 0.701. The van der Waals surface area contributed by atoms with Gasteiger partial charge < -0.3 is 0 Å². The van der Waals surface area contributed by atoms with Crippen molar-refractivity contribution in [1.29, 1.82) is 0 Å². The van der Waals surface area contributed by atoms with Crippen molar-refractivity contribution < 1.29 is 0 Å². The molecule has 0 radical (unpaired) electrons. The van der Waals surface area contributed by atoms with Crippen LogP contribution in [0.15, 0.2) is 73.6 Å². The van der Waals surface area contributed by atoms with Gasteiger partial charge >= 0.3 is 0 Å². The highest BCUT2D eigenvalue weighted by Gasteiger charge is 2.40. The molecule has 0 bridgehead atoms. The summed E-state index contributed by atoms with van der Waals surface area (Å²) in [6.07, 6.45) is 11.6. The second-order valence-electron chi connectivity index (χ2n) is 10.7. The number of rotatable bonds is 5. The Labute approximate surface area is 207 Å². The molecule has 0 spiro atoms. The zero-order valence-corrected chi connectivity index (χ0v) is 23.0. The molecule has 176 valence electrons. The summed E-state index contributed by atoms with van der Waals surface area (Å²) in [5.74, 6) is 0. The monoisotopic (exact) mass is 488 g/mol. The van der Waals surface area contributed by atoms with Crippen LogP contribution < -0.4 is 0 Å². The van der Waals surface area contributed by atoms with Crippen LogP contribution in [0.25, 0.3) is 10.8 Å². The van der Waals surface area contributed by atoms with E-state index >= 15 is 0 Å². The Balaban J connectivity index is 2.05. The van der Waals surface area contributed by atoms with E-state index in [1.54, 1.807) is 24.8 Å². The molecule has 0 saturated carbocycles. The summed E-state index contributed by atoms with van der Waals surface area (Å²) < 4.78 is 0. The number of benzene rings is 2. The quantitative estimate of drug-likeness (QED) is 0.280. The molecule has 2 heterocycles. The van der Waals surface area contributed by atoms with Crippen molar-refractivity contribution in [3.63, 3.8) is 0 Å². The van der Waals surface area contributed by atoms with Gasteiger partial charge in [0.05, 0.1) is 28.9 Å². The highest BCUT2D eigenvalue weighted by Crippen LogP contribution is 2.62. The Morgan fingerprint density at radius 2 is 1.29 bits per heavy atom. The molecular formula is C28H34N4P2. The van der Waals surface area contributed by atoms with Crippen LogP contribution in [0, 0.1) is 0 Å². The van der Waals surface area contributed by atoms with Gasteiger partial charge in [-0.05, 0) is 38.4 Å². The summed E-state index contributed by atoms with van der Waals surface area (Å²) in [5, 5.41) is 2.28. The summed E-state index contributed by atoms with van der Waals surface area (Å²) >= 11 is 0. The molecule has 4 nitrogen and oxygen atoms in total. The van der Waals surface area contributed by atoms with E-state index in [-0.39, 0.29) is 18.2 Å². The van der Waals surface area contributed by atoms with E-state index in [0.717, 1.165) is 17.5 Å². The van der Waals surface area contributed by atoms with Crippen molar-refractivity contribution in [3.05, 3.63) is 96.1 Å². The second-order valence-corrected chi connectivity index (χ2v) is 15.5. The standard InChI is InChI=1S/C28H34N4P2/c1-26(2,3)34(27(4,5)6)19-22-21-10-8-7-9-20(21)11-12-23(22)28(33,24-17-29-13-15-31-24)25-18-30-14-16-32-25/h7-18H,19,33H2,1-6H3. The number of nitrogens with zero attached hydrogens (tertiary/aromatic N) is 4. The summed E-state index contributed by atoms with van der Waals surface area (Å²) in [4.78, 5) is 18.3. The van der Waals surface area contributed by atoms with Gasteiger partial charge in [-0.25, -0.2) is 0 Å². The van der Waals surface area contributed by atoms with Gasteiger partial charge in [0.15, 0.2) is 0 Å². The molecule has 0 aliphatic heterocycles. The lowest BCUT2D eigenvalue weighted by atomic mass is 9.86. The first-order valence-corrected chi connectivity index (χ1v) is 13.7. The van der Waals surface area contributed by atoms with E-state index in [1.165, 1.54) is 21.9 Å². The molecule has 1 atom stereocenters. The van der Waals surface area contributed by atoms with Crippen LogP contribution in [-0.2, 0) is 11.3 Å². The van der Waals surface area contributed by atoms with Crippen LogP contribution in [0.5, 0.6) is 0 Å². The first-order valence-electron chi connectivity index (χ1n) is 11.6. The average molecular weight is 489 g/mol. The molecule has 0 amide bonds. The van der Waals surface area contributed by atoms with Crippen molar-refractivity contribution in [2.45, 2.75) is 63.2 Å². The summed E-state index contributed by atoms with van der Waals surface area (Å²) in [7, 11) is 2.69. The summed E-state index contributed by atoms with van der Waals surface area (Å²) in [6.45, 7) is 14.3. The number of hydrogen-bond donors (Lipinski definition) is 0. The molecule has 4 aromatic rings. The number of hydrogen-bond acceptors (Lipinski definition) is 4. The van der Waals surface area contributed by atoms with Crippen LogP contribution in [-0.4, -0.2) is 30.2 Å². The van der Waals surface area contributed by atoms with Crippen LogP contribution >= 0.6 is 17.2 Å². The minimum atomic E-state index is -0.668. The van der Waals surface area contributed by atoms with Crippen molar-refractivity contribution in [2.75, 3.05) is 0 Å². The number of fused-ring (bicyclic) bond motifs is 1. The molecule has 2 aromatic carbocycles. The third-order valence-electron chi connectivity index (χ3n) is 6.34. The molecule has 2 aromatic heterocycles. The largest absolute Gasteiger partial charge is 0.261 e. The van der Waals surface area contributed by atoms with Gasteiger partial charge in [0, 0.05) is 24.8 Å². The van der Waals surface area contributed by atoms with Gasteiger partial charge in [0.1, 0.15) is 0 Å². The van der Waals surface area contributed by atoms with Gasteiger partial charge in [-0.1, -0.05) is 85.9 Å². The minimum Gasteiger partial charge on any atom is -0.261 e. The van der Waals surface area contributed by atoms with Crippen molar-refractivity contribution in [3.8, 4) is 0 Å². The molecule has 0 aliphatic carbocycles. The Morgan fingerprint density at radius 1 is 0.735 bits per heavy atom. The molecule has 0 saturated heterocycles. The van der Waals surface area contributed by atoms with Gasteiger partial charge in [0.25, 0.3) is 0 Å². The maximum Gasteiger partial charge on any atom is 0.0967 e. The third kappa shape index (κ3) is 4.77. The third-order valence-corrected chi connectivity index (χ3v) is 11.1. The molecule has 0 aliphatic rings. The second kappa shape index (κ2) is 9.40. The Hall–Kier alpha value is -2.28. The van der Waals surface area contributed by atoms with Crippen LogP contribution in [0.3, 0.4) is 0 Å². The fraction of sp³-hybridized carbons (Fsp3) is 0.357. The highest BCUT2D eigenvalue weighted by molar-refractivity contribution is 7.60. The van der Waals surface area contributed by atoms with E-state index in [4.69, 9.17) is 9.97 Å². The predicted molar refractivity (Wildman–Crippen MR) is 148 cm³/mol. The lowest BCUT2D eigenvalue weighted by Crippen LogP contribution is -2.29. The highest BCUT2D eigenvalue weighted by atomic mass is 31.1. The maximum atomic E-state index is 4.76. The van der Waals surface area contributed by atoms with E-state index in [9.17, 15) is 0 Å². The van der Waals surface area contributed by atoms with E-state index in [2.05, 4.69) is 97.1 Å². The molecular weight excluding hydrogens is 454 g/mol. The van der Waals surface area contributed by atoms with Gasteiger partial charge in [-0.2, -0.15) is 0 Å². The Kier molecular flexibility index (Phi) is 6.87. The average Bonchev–Trinajstić information content (AvgIpc) is 2.81. The van der Waals surface area contributed by atoms with E-state index in [0.29, 0.717) is 0 Å². The predicted octanol–water partition coefficient (Wildman–Crippen LogP) is 7.17. The summed E-state index contributed by atoms with van der Waals surface area (Å²) in [6, 6.07) is 13.2. The van der Waals surface area contributed by atoms with E-state index < -0.39 is 5.16 Å². The molecule has 4 rings (SSSR count). The SMILES string of the molecule is CC(C)(C)P(Cc1c(C(P)(c2cnccn2)c2cnccn2)ccc2ccccc12)C(C)(C)C. The van der Waals surface area contributed by atoms with Gasteiger partial charge in [-0.15, -0.1) is 9.24 Å². The topological polar surface area (TPSA) is 51.6 Å². The first kappa shape index (κ1) is 24.8. The van der Waals surface area contributed by atoms with Crippen LogP contribution in [0.1, 0.15) is 64.1 Å². The maximum absolute atomic E-state index is 4.76. The normalized spacial score (nSPS) is 12.9. The zero-order valence-electron chi connectivity index (χ0n) is 20.9. The number of aromatic nitrogens is 4. The van der Waals surface area contributed by atoms with Gasteiger partial charge in [0.2, 0.25) is 0 Å². The fourth-order valence-electron chi connectivity index (χ4n) is 4.93. The van der Waals surface area contributed by atoms with Gasteiger partial charge in [-0.3, -0.25) is 19.9 Å². The van der Waals surface area contributed by atoms with Crippen molar-refractivity contribution in [1.82, 2.24) is 19.9 Å². The van der Waals surface area contributed by atoms with Crippen LogP contribution in [0.2, 0.25) is 0 Å². The summed E-state index contributed by atoms with van der Waals surface area (Å²) in [5.41, 5.74) is 4.24. The molecule has 1 unspecified atom stereocenters. The minimum absolute atomic E-state index is 0.199. The fourth-order valence-corrected chi connectivity index (χ4v) is 9.11.